The zero-order valence-corrected chi connectivity index (χ0v) is 23.8. The van der Waals surface area contributed by atoms with Crippen molar-refractivity contribution in [1.82, 2.24) is 24.8 Å². The molecule has 40 heavy (non-hydrogen) atoms. The number of nitrogens with zero attached hydrogens (tertiary/aromatic N) is 6. The summed E-state index contributed by atoms with van der Waals surface area (Å²) in [4.78, 5) is 21.1. The first-order chi connectivity index (χ1) is 19.4. The molecule has 7 rings (SSSR count). The second-order valence-corrected chi connectivity index (χ2v) is 12.2. The number of ether oxygens (including phenoxy) is 1. The van der Waals surface area contributed by atoms with Crippen molar-refractivity contribution in [1.29, 1.82) is 0 Å². The lowest BCUT2D eigenvalue weighted by Gasteiger charge is -2.38. The summed E-state index contributed by atoms with van der Waals surface area (Å²) >= 11 is 6.59. The van der Waals surface area contributed by atoms with E-state index in [9.17, 15) is 0 Å². The molecule has 0 N–H and O–H groups in total. The molecule has 0 aliphatic carbocycles. The molecule has 5 heterocycles. The monoisotopic (exact) mass is 560 g/mol. The highest BCUT2D eigenvalue weighted by molar-refractivity contribution is 6.36. The Morgan fingerprint density at radius 2 is 1.85 bits per heavy atom. The smallest absolute Gasteiger partial charge is 0.319 e. The summed E-state index contributed by atoms with van der Waals surface area (Å²) in [5.41, 5.74) is 1.13. The van der Waals surface area contributed by atoms with E-state index in [1.807, 2.05) is 43.4 Å². The summed E-state index contributed by atoms with van der Waals surface area (Å²) in [7, 11) is 4.13. The Morgan fingerprint density at radius 3 is 2.60 bits per heavy atom. The standard InChI is InChI=1S/C31H34ClFN6O/c1-37-16-20(17-37)18-38(2)29-23-15-34-27(22-9-3-7-21-8-4-10-24(32)25(21)22)26(33)28(23)35-30(36-29)40-19-31-11-5-13-39(31)14-6-12-31/h3-4,7-10,15,20H,5-6,11-14,16-19H2,1-2H3. The van der Waals surface area contributed by atoms with Crippen molar-refractivity contribution >= 4 is 39.1 Å². The predicted molar refractivity (Wildman–Crippen MR) is 158 cm³/mol. The number of fused-ring (bicyclic) bond motifs is 3. The van der Waals surface area contributed by atoms with Gasteiger partial charge in [0.1, 0.15) is 23.6 Å². The average Bonchev–Trinajstić information content (AvgIpc) is 3.52. The van der Waals surface area contributed by atoms with Crippen LogP contribution in [0.3, 0.4) is 0 Å². The van der Waals surface area contributed by atoms with Crippen molar-refractivity contribution in [3.05, 3.63) is 53.4 Å². The molecule has 3 aliphatic heterocycles. The Labute approximate surface area is 238 Å². The molecule has 0 saturated carbocycles. The molecular weight excluding hydrogens is 527 g/mol. The lowest BCUT2D eigenvalue weighted by Crippen LogP contribution is -2.48. The van der Waals surface area contributed by atoms with E-state index in [0.717, 1.165) is 56.3 Å². The summed E-state index contributed by atoms with van der Waals surface area (Å²) in [6.45, 7) is 5.64. The highest BCUT2D eigenvalue weighted by Gasteiger charge is 2.45. The molecule has 0 bridgehead atoms. The van der Waals surface area contributed by atoms with E-state index in [2.05, 4.69) is 31.7 Å². The topological polar surface area (TPSA) is 57.6 Å². The number of halogens is 2. The molecule has 7 nitrogen and oxygen atoms in total. The van der Waals surface area contributed by atoms with E-state index in [4.69, 9.17) is 21.3 Å². The predicted octanol–water partition coefficient (Wildman–Crippen LogP) is 5.64. The Hall–Kier alpha value is -3.07. The van der Waals surface area contributed by atoms with Crippen LogP contribution < -0.4 is 9.64 Å². The van der Waals surface area contributed by atoms with Gasteiger partial charge in [0.15, 0.2) is 5.82 Å². The number of aromatic nitrogens is 3. The molecule has 0 amide bonds. The van der Waals surface area contributed by atoms with Crippen LogP contribution in [0.4, 0.5) is 10.2 Å². The molecule has 0 spiro atoms. The zero-order chi connectivity index (χ0) is 27.4. The van der Waals surface area contributed by atoms with Gasteiger partial charge in [0.05, 0.1) is 10.9 Å². The van der Waals surface area contributed by atoms with Crippen molar-refractivity contribution in [2.75, 3.05) is 58.3 Å². The molecule has 0 unspecified atom stereocenters. The van der Waals surface area contributed by atoms with Crippen molar-refractivity contribution in [3.8, 4) is 17.3 Å². The van der Waals surface area contributed by atoms with Crippen LogP contribution in [-0.2, 0) is 0 Å². The highest BCUT2D eigenvalue weighted by Crippen LogP contribution is 2.40. The van der Waals surface area contributed by atoms with E-state index in [1.54, 1.807) is 6.20 Å². The molecule has 4 aromatic rings. The van der Waals surface area contributed by atoms with Crippen molar-refractivity contribution in [2.24, 2.45) is 5.92 Å². The second kappa shape index (κ2) is 10.1. The van der Waals surface area contributed by atoms with Crippen molar-refractivity contribution < 1.29 is 9.13 Å². The Kier molecular flexibility index (Phi) is 6.52. The van der Waals surface area contributed by atoms with Crippen LogP contribution in [0.1, 0.15) is 25.7 Å². The largest absolute Gasteiger partial charge is 0.461 e. The third-order valence-electron chi connectivity index (χ3n) is 9.07. The summed E-state index contributed by atoms with van der Waals surface area (Å²) < 4.78 is 22.8. The number of rotatable bonds is 7. The van der Waals surface area contributed by atoms with Gasteiger partial charge in [-0.25, -0.2) is 4.39 Å². The van der Waals surface area contributed by atoms with E-state index >= 15 is 4.39 Å². The molecule has 2 aromatic carbocycles. The number of anilines is 1. The second-order valence-electron chi connectivity index (χ2n) is 11.8. The first kappa shape index (κ1) is 25.9. The van der Waals surface area contributed by atoms with Crippen LogP contribution in [0.15, 0.2) is 42.6 Å². The highest BCUT2D eigenvalue weighted by atomic mass is 35.5. The Morgan fingerprint density at radius 1 is 1.10 bits per heavy atom. The quantitative estimate of drug-likeness (QED) is 0.290. The molecular formula is C31H34ClFN6O. The molecule has 3 saturated heterocycles. The van der Waals surface area contributed by atoms with Crippen LogP contribution in [0.5, 0.6) is 6.01 Å². The van der Waals surface area contributed by atoms with Gasteiger partial charge in [0.2, 0.25) is 0 Å². The maximum Gasteiger partial charge on any atom is 0.319 e. The first-order valence-corrected chi connectivity index (χ1v) is 14.6. The van der Waals surface area contributed by atoms with Crippen LogP contribution >= 0.6 is 11.6 Å². The lowest BCUT2D eigenvalue weighted by atomic mass is 9.95. The van der Waals surface area contributed by atoms with E-state index < -0.39 is 5.82 Å². The van der Waals surface area contributed by atoms with Gasteiger partial charge >= 0.3 is 6.01 Å². The number of hydrogen-bond acceptors (Lipinski definition) is 7. The molecule has 3 fully saturated rings. The van der Waals surface area contributed by atoms with E-state index in [1.165, 1.54) is 12.8 Å². The fourth-order valence-electron chi connectivity index (χ4n) is 7.13. The van der Waals surface area contributed by atoms with Gasteiger partial charge in [-0.1, -0.05) is 41.9 Å². The SMILES string of the molecule is CN1CC(CN(C)c2nc(OCC34CCCN3CCC4)nc3c(F)c(-c4cccc5cccc(Cl)c45)ncc23)C1. The van der Waals surface area contributed by atoms with Crippen LogP contribution in [-0.4, -0.2) is 83.7 Å². The summed E-state index contributed by atoms with van der Waals surface area (Å²) in [5, 5.41) is 2.84. The number of benzene rings is 2. The van der Waals surface area contributed by atoms with Gasteiger partial charge in [-0.05, 0) is 57.3 Å². The molecule has 9 heteroatoms. The van der Waals surface area contributed by atoms with Crippen LogP contribution in [0.25, 0.3) is 32.9 Å². The average molecular weight is 561 g/mol. The molecule has 2 aromatic heterocycles. The molecule has 208 valence electrons. The Balaban J connectivity index is 1.32. The van der Waals surface area contributed by atoms with Gasteiger partial charge in [-0.15, -0.1) is 0 Å². The van der Waals surface area contributed by atoms with Crippen molar-refractivity contribution in [2.45, 2.75) is 31.2 Å². The van der Waals surface area contributed by atoms with Crippen LogP contribution in [0.2, 0.25) is 5.02 Å². The molecule has 0 atom stereocenters. The third-order valence-corrected chi connectivity index (χ3v) is 9.38. The minimum atomic E-state index is -0.489. The molecule has 3 aliphatic rings. The van der Waals surface area contributed by atoms with Crippen LogP contribution in [0, 0.1) is 11.7 Å². The van der Waals surface area contributed by atoms with Gasteiger partial charge in [0, 0.05) is 54.8 Å². The van der Waals surface area contributed by atoms with E-state index in [0.29, 0.717) is 34.3 Å². The first-order valence-electron chi connectivity index (χ1n) is 14.2. The van der Waals surface area contributed by atoms with Gasteiger partial charge in [0.25, 0.3) is 0 Å². The van der Waals surface area contributed by atoms with Gasteiger partial charge in [-0.3, -0.25) is 9.88 Å². The molecule has 0 radical (unpaired) electrons. The fraction of sp³-hybridized carbons (Fsp3) is 0.452. The number of pyridine rings is 1. The van der Waals surface area contributed by atoms with E-state index in [-0.39, 0.29) is 22.8 Å². The zero-order valence-electron chi connectivity index (χ0n) is 23.0. The summed E-state index contributed by atoms with van der Waals surface area (Å²) in [6.07, 6.45) is 6.30. The summed E-state index contributed by atoms with van der Waals surface area (Å²) in [5.74, 6) is 0.691. The van der Waals surface area contributed by atoms with Crippen molar-refractivity contribution in [3.63, 3.8) is 0 Å². The minimum absolute atomic E-state index is 0.0442. The third kappa shape index (κ3) is 4.37. The lowest BCUT2D eigenvalue weighted by molar-refractivity contribution is 0.107. The fourth-order valence-corrected chi connectivity index (χ4v) is 7.42. The van der Waals surface area contributed by atoms with Gasteiger partial charge < -0.3 is 14.5 Å². The number of hydrogen-bond donors (Lipinski definition) is 0. The number of likely N-dealkylation sites (tertiary alicyclic amines) is 1. The Bertz CT molecular complexity index is 1580. The minimum Gasteiger partial charge on any atom is -0.461 e. The maximum atomic E-state index is 16.5. The normalized spacial score (nSPS) is 19.3. The maximum absolute atomic E-state index is 16.5. The summed E-state index contributed by atoms with van der Waals surface area (Å²) in [6, 6.07) is 11.6. The van der Waals surface area contributed by atoms with Gasteiger partial charge in [-0.2, -0.15) is 9.97 Å².